The van der Waals surface area contributed by atoms with Crippen molar-refractivity contribution in [2.24, 2.45) is 0 Å². The minimum Gasteiger partial charge on any atom is -0.316 e. The number of hydrogen-bond donors (Lipinski definition) is 1. The van der Waals surface area contributed by atoms with Gasteiger partial charge in [-0.05, 0) is 50.4 Å². The van der Waals surface area contributed by atoms with E-state index < -0.39 is 0 Å². The second-order valence-corrected chi connectivity index (χ2v) is 5.39. The summed E-state index contributed by atoms with van der Waals surface area (Å²) in [6.07, 6.45) is 4.24. The van der Waals surface area contributed by atoms with Crippen LogP contribution >= 0.6 is 0 Å². The zero-order valence-corrected chi connectivity index (χ0v) is 11.6. The molecule has 2 aromatic rings. The van der Waals surface area contributed by atoms with Crippen LogP contribution in [0.3, 0.4) is 0 Å². The molecule has 1 aromatic carbocycles. The number of rotatable bonds is 2. The summed E-state index contributed by atoms with van der Waals surface area (Å²) in [5.41, 5.74) is 3.73. The molecule has 1 saturated heterocycles. The number of nitrogens with zero attached hydrogens (tertiary/aromatic N) is 3. The van der Waals surface area contributed by atoms with Crippen LogP contribution in [0.4, 0.5) is 0 Å². The Morgan fingerprint density at radius 2 is 2.21 bits per heavy atom. The molecule has 1 aliphatic heterocycles. The van der Waals surface area contributed by atoms with Gasteiger partial charge in [0.15, 0.2) is 0 Å². The number of benzene rings is 1. The van der Waals surface area contributed by atoms with Crippen LogP contribution in [0.2, 0.25) is 0 Å². The molecule has 3 rings (SSSR count). The normalized spacial score (nSPS) is 19.6. The second-order valence-electron chi connectivity index (χ2n) is 5.39. The summed E-state index contributed by atoms with van der Waals surface area (Å²) in [5, 5.41) is 11.9. The Morgan fingerprint density at radius 3 is 3.00 bits per heavy atom. The first-order chi connectivity index (χ1) is 9.25. The van der Waals surface area contributed by atoms with Crippen molar-refractivity contribution in [2.75, 3.05) is 13.1 Å². The smallest absolute Gasteiger partial charge is 0.141 e. The van der Waals surface area contributed by atoms with Gasteiger partial charge in [0.05, 0.1) is 5.69 Å². The Hall–Kier alpha value is -1.68. The number of hydrogen-bond acceptors (Lipinski definition) is 3. The SMILES string of the molecule is Cc1ccc(C)c(-n2cnnc2C2CCCNC2)c1. The summed E-state index contributed by atoms with van der Waals surface area (Å²) < 4.78 is 2.15. The van der Waals surface area contributed by atoms with Crippen LogP contribution in [0.25, 0.3) is 5.69 Å². The Morgan fingerprint density at radius 1 is 1.32 bits per heavy atom. The molecule has 100 valence electrons. The highest BCUT2D eigenvalue weighted by Crippen LogP contribution is 2.25. The van der Waals surface area contributed by atoms with Gasteiger partial charge in [-0.1, -0.05) is 12.1 Å². The van der Waals surface area contributed by atoms with Crippen molar-refractivity contribution in [3.8, 4) is 5.69 Å². The van der Waals surface area contributed by atoms with Crippen molar-refractivity contribution in [2.45, 2.75) is 32.6 Å². The number of aromatic nitrogens is 3. The van der Waals surface area contributed by atoms with E-state index in [2.05, 4.69) is 52.1 Å². The summed E-state index contributed by atoms with van der Waals surface area (Å²) in [4.78, 5) is 0. The fraction of sp³-hybridized carbons (Fsp3) is 0.467. The van der Waals surface area contributed by atoms with E-state index in [0.29, 0.717) is 5.92 Å². The van der Waals surface area contributed by atoms with E-state index in [9.17, 15) is 0 Å². The van der Waals surface area contributed by atoms with Gasteiger partial charge in [0.25, 0.3) is 0 Å². The summed E-state index contributed by atoms with van der Waals surface area (Å²) in [7, 11) is 0. The Kier molecular flexibility index (Phi) is 3.34. The molecule has 0 radical (unpaired) electrons. The lowest BCUT2D eigenvalue weighted by Crippen LogP contribution is -2.30. The quantitative estimate of drug-likeness (QED) is 0.897. The Balaban J connectivity index is 2.01. The van der Waals surface area contributed by atoms with Gasteiger partial charge in [0, 0.05) is 12.5 Å². The van der Waals surface area contributed by atoms with Gasteiger partial charge in [0.1, 0.15) is 12.2 Å². The molecular formula is C15H20N4. The van der Waals surface area contributed by atoms with Crippen LogP contribution in [0.1, 0.15) is 35.7 Å². The van der Waals surface area contributed by atoms with Crippen LogP contribution in [0, 0.1) is 13.8 Å². The van der Waals surface area contributed by atoms with Gasteiger partial charge < -0.3 is 5.32 Å². The maximum atomic E-state index is 4.36. The lowest BCUT2D eigenvalue weighted by Gasteiger charge is -2.23. The number of piperidine rings is 1. The van der Waals surface area contributed by atoms with Gasteiger partial charge in [0.2, 0.25) is 0 Å². The first kappa shape index (κ1) is 12.4. The molecule has 1 fully saturated rings. The Bertz CT molecular complexity index is 567. The molecule has 0 saturated carbocycles. The third-order valence-corrected chi connectivity index (χ3v) is 3.86. The van der Waals surface area contributed by atoms with Crippen LogP contribution in [0.5, 0.6) is 0 Å². The predicted molar refractivity (Wildman–Crippen MR) is 75.7 cm³/mol. The third-order valence-electron chi connectivity index (χ3n) is 3.86. The number of nitrogens with one attached hydrogen (secondary N) is 1. The van der Waals surface area contributed by atoms with Gasteiger partial charge in [-0.2, -0.15) is 0 Å². The van der Waals surface area contributed by atoms with Crippen molar-refractivity contribution < 1.29 is 0 Å². The highest BCUT2D eigenvalue weighted by molar-refractivity contribution is 5.43. The van der Waals surface area contributed by atoms with Crippen molar-refractivity contribution in [3.63, 3.8) is 0 Å². The molecule has 4 nitrogen and oxygen atoms in total. The summed E-state index contributed by atoms with van der Waals surface area (Å²) in [6, 6.07) is 6.51. The maximum Gasteiger partial charge on any atom is 0.141 e. The molecule has 4 heteroatoms. The monoisotopic (exact) mass is 256 g/mol. The minimum absolute atomic E-state index is 0.469. The molecule has 1 unspecified atom stereocenters. The highest BCUT2D eigenvalue weighted by atomic mass is 15.3. The molecule has 1 aliphatic rings. The molecule has 19 heavy (non-hydrogen) atoms. The van der Waals surface area contributed by atoms with Crippen molar-refractivity contribution in [3.05, 3.63) is 41.5 Å². The largest absolute Gasteiger partial charge is 0.316 e. The van der Waals surface area contributed by atoms with E-state index in [1.807, 2.05) is 6.33 Å². The molecule has 1 atom stereocenters. The lowest BCUT2D eigenvalue weighted by atomic mass is 9.98. The van der Waals surface area contributed by atoms with Crippen LogP contribution in [-0.4, -0.2) is 27.9 Å². The standard InChI is InChI=1S/C15H20N4/c1-11-5-6-12(2)14(8-11)19-10-17-18-15(19)13-4-3-7-16-9-13/h5-6,8,10,13,16H,3-4,7,9H2,1-2H3. The molecule has 1 N–H and O–H groups in total. The van der Waals surface area contributed by atoms with Crippen LogP contribution in [-0.2, 0) is 0 Å². The molecular weight excluding hydrogens is 236 g/mol. The van der Waals surface area contributed by atoms with Crippen LogP contribution < -0.4 is 5.32 Å². The maximum absolute atomic E-state index is 4.36. The average Bonchev–Trinajstić information content (AvgIpc) is 2.91. The van der Waals surface area contributed by atoms with Crippen molar-refractivity contribution in [1.29, 1.82) is 0 Å². The number of aryl methyl sites for hydroxylation is 2. The molecule has 1 aromatic heterocycles. The first-order valence-electron chi connectivity index (χ1n) is 6.94. The van der Waals surface area contributed by atoms with E-state index in [0.717, 1.165) is 18.9 Å². The lowest BCUT2D eigenvalue weighted by molar-refractivity contribution is 0.442. The average molecular weight is 256 g/mol. The summed E-state index contributed by atoms with van der Waals surface area (Å²) in [5.74, 6) is 1.55. The van der Waals surface area contributed by atoms with Gasteiger partial charge in [-0.15, -0.1) is 10.2 Å². The summed E-state index contributed by atoms with van der Waals surface area (Å²) in [6.45, 7) is 6.38. The van der Waals surface area contributed by atoms with E-state index >= 15 is 0 Å². The molecule has 0 bridgehead atoms. The third kappa shape index (κ3) is 2.40. The highest BCUT2D eigenvalue weighted by Gasteiger charge is 2.21. The molecule has 2 heterocycles. The topological polar surface area (TPSA) is 42.7 Å². The fourth-order valence-electron chi connectivity index (χ4n) is 2.76. The van der Waals surface area contributed by atoms with Gasteiger partial charge >= 0.3 is 0 Å². The molecule has 0 aliphatic carbocycles. The Labute approximate surface area is 113 Å². The van der Waals surface area contributed by atoms with E-state index in [1.165, 1.54) is 29.7 Å². The van der Waals surface area contributed by atoms with Crippen molar-refractivity contribution in [1.82, 2.24) is 20.1 Å². The predicted octanol–water partition coefficient (Wildman–Crippen LogP) is 2.35. The van der Waals surface area contributed by atoms with Gasteiger partial charge in [-0.3, -0.25) is 4.57 Å². The summed E-state index contributed by atoms with van der Waals surface area (Å²) >= 11 is 0. The zero-order valence-electron chi connectivity index (χ0n) is 11.6. The van der Waals surface area contributed by atoms with E-state index in [-0.39, 0.29) is 0 Å². The molecule has 0 spiro atoms. The van der Waals surface area contributed by atoms with Crippen molar-refractivity contribution >= 4 is 0 Å². The van der Waals surface area contributed by atoms with E-state index in [1.54, 1.807) is 0 Å². The van der Waals surface area contributed by atoms with Gasteiger partial charge in [-0.25, -0.2) is 0 Å². The second kappa shape index (κ2) is 5.13. The first-order valence-corrected chi connectivity index (χ1v) is 6.94. The molecule has 0 amide bonds. The van der Waals surface area contributed by atoms with E-state index in [4.69, 9.17) is 0 Å². The van der Waals surface area contributed by atoms with Crippen LogP contribution in [0.15, 0.2) is 24.5 Å². The fourth-order valence-corrected chi connectivity index (χ4v) is 2.76. The zero-order chi connectivity index (χ0) is 13.2. The minimum atomic E-state index is 0.469.